The van der Waals surface area contributed by atoms with Gasteiger partial charge in [0.05, 0.1) is 24.2 Å². The van der Waals surface area contributed by atoms with Crippen LogP contribution in [0.25, 0.3) is 11.1 Å². The second kappa shape index (κ2) is 6.41. The van der Waals surface area contributed by atoms with Crippen molar-refractivity contribution in [2.24, 2.45) is 5.92 Å². The Morgan fingerprint density at radius 3 is 2.92 bits per heavy atom. The van der Waals surface area contributed by atoms with E-state index in [9.17, 15) is 14.4 Å². The number of nitrogens with one attached hydrogen (secondary N) is 1. The summed E-state index contributed by atoms with van der Waals surface area (Å²) in [5, 5.41) is 12.2. The number of fused-ring (bicyclic) bond motifs is 2. The molecule has 0 spiro atoms. The number of anilines is 1. The monoisotopic (exact) mass is 350 g/mol. The van der Waals surface area contributed by atoms with E-state index < -0.39 is 5.82 Å². The molecular formula is C20H19FN4O. The summed E-state index contributed by atoms with van der Waals surface area (Å²) in [6, 6.07) is 9.40. The summed E-state index contributed by atoms with van der Waals surface area (Å²) in [5.41, 5.74) is 3.12. The zero-order chi connectivity index (χ0) is 18.3. The number of nitriles is 1. The molecule has 2 aliphatic rings. The number of urea groups is 1. The fraction of sp³-hybridized carbons (Fsp3) is 0.350. The lowest BCUT2D eigenvalue weighted by Crippen LogP contribution is -2.65. The minimum atomic E-state index is -0.396. The number of benzene rings is 1. The van der Waals surface area contributed by atoms with Gasteiger partial charge in [-0.2, -0.15) is 5.26 Å². The summed E-state index contributed by atoms with van der Waals surface area (Å²) in [5.74, 6) is -0.468. The molecule has 5 nitrogen and oxygen atoms in total. The highest BCUT2D eigenvalue weighted by Crippen LogP contribution is 2.42. The highest BCUT2D eigenvalue weighted by molar-refractivity contribution is 5.91. The van der Waals surface area contributed by atoms with Crippen LogP contribution in [0, 0.1) is 30.0 Å². The fourth-order valence-corrected chi connectivity index (χ4v) is 4.04. The van der Waals surface area contributed by atoms with Crippen molar-refractivity contribution in [1.29, 1.82) is 5.26 Å². The first-order valence-corrected chi connectivity index (χ1v) is 8.77. The van der Waals surface area contributed by atoms with Crippen LogP contribution in [0.5, 0.6) is 0 Å². The number of aryl methyl sites for hydroxylation is 1. The number of pyridine rings is 1. The Morgan fingerprint density at radius 2 is 2.19 bits per heavy atom. The van der Waals surface area contributed by atoms with E-state index in [4.69, 9.17) is 0 Å². The standard InChI is InChI=1S/C20H19FN4O/c1-12-2-4-16(7-18(12)14-6-15(21)11-23-10-14)24-20(26)25-17-5-3-13(9-22)19(25)8-17/h2,4,6-7,10-11,13,17,19H,3,5,8H2,1H3,(H,24,26). The van der Waals surface area contributed by atoms with Crippen molar-refractivity contribution >= 4 is 11.7 Å². The third-order valence-corrected chi connectivity index (χ3v) is 5.44. The maximum absolute atomic E-state index is 13.5. The molecule has 132 valence electrons. The van der Waals surface area contributed by atoms with E-state index in [1.165, 1.54) is 12.3 Å². The Hall–Kier alpha value is -2.94. The Labute approximate surface area is 151 Å². The first-order chi connectivity index (χ1) is 12.6. The van der Waals surface area contributed by atoms with Gasteiger partial charge in [-0.15, -0.1) is 0 Å². The van der Waals surface area contributed by atoms with Crippen LogP contribution in [0.15, 0.2) is 36.7 Å². The van der Waals surface area contributed by atoms with Crippen LogP contribution in [-0.2, 0) is 0 Å². The van der Waals surface area contributed by atoms with Gasteiger partial charge in [-0.05, 0) is 55.5 Å². The van der Waals surface area contributed by atoms with Crippen LogP contribution in [-0.4, -0.2) is 28.0 Å². The van der Waals surface area contributed by atoms with Gasteiger partial charge in [-0.25, -0.2) is 9.18 Å². The van der Waals surface area contributed by atoms with Gasteiger partial charge in [0.1, 0.15) is 5.82 Å². The second-order valence-corrected chi connectivity index (χ2v) is 7.03. The lowest BCUT2D eigenvalue weighted by atomic mass is 9.73. The van der Waals surface area contributed by atoms with E-state index >= 15 is 0 Å². The molecular weight excluding hydrogens is 331 g/mol. The molecule has 4 rings (SSSR count). The number of hydrogen-bond acceptors (Lipinski definition) is 3. The number of carbonyl (C=O) groups is 1. The third kappa shape index (κ3) is 2.80. The van der Waals surface area contributed by atoms with Crippen LogP contribution >= 0.6 is 0 Å². The number of rotatable bonds is 2. The van der Waals surface area contributed by atoms with Crippen LogP contribution < -0.4 is 5.32 Å². The summed E-state index contributed by atoms with van der Waals surface area (Å²) >= 11 is 0. The van der Waals surface area contributed by atoms with Crippen LogP contribution in [0.4, 0.5) is 14.9 Å². The van der Waals surface area contributed by atoms with Gasteiger partial charge in [0, 0.05) is 23.5 Å². The van der Waals surface area contributed by atoms with E-state index in [1.807, 2.05) is 25.1 Å². The topological polar surface area (TPSA) is 69.0 Å². The fourth-order valence-electron chi connectivity index (χ4n) is 4.04. The second-order valence-electron chi connectivity index (χ2n) is 7.03. The Balaban J connectivity index is 1.55. The average molecular weight is 350 g/mol. The van der Waals surface area contributed by atoms with Gasteiger partial charge in [-0.1, -0.05) is 6.07 Å². The number of amides is 2. The molecule has 2 amide bonds. The summed E-state index contributed by atoms with van der Waals surface area (Å²) < 4.78 is 13.5. The molecule has 2 aliphatic heterocycles. The van der Waals surface area contributed by atoms with Crippen LogP contribution in [0.3, 0.4) is 0 Å². The summed E-state index contributed by atoms with van der Waals surface area (Å²) in [4.78, 5) is 18.4. The first kappa shape index (κ1) is 16.5. The van der Waals surface area contributed by atoms with Crippen LogP contribution in [0.1, 0.15) is 24.8 Å². The van der Waals surface area contributed by atoms with Crippen molar-refractivity contribution in [1.82, 2.24) is 9.88 Å². The van der Waals surface area contributed by atoms with Crippen molar-refractivity contribution in [3.63, 3.8) is 0 Å². The third-order valence-electron chi connectivity index (χ3n) is 5.44. The zero-order valence-electron chi connectivity index (χ0n) is 14.4. The molecule has 3 heterocycles. The first-order valence-electron chi connectivity index (χ1n) is 8.77. The summed E-state index contributed by atoms with van der Waals surface area (Å²) in [6.45, 7) is 1.93. The van der Waals surface area contributed by atoms with Crippen molar-refractivity contribution in [3.05, 3.63) is 48.0 Å². The van der Waals surface area contributed by atoms with Gasteiger partial charge in [-0.3, -0.25) is 4.98 Å². The van der Waals surface area contributed by atoms with Gasteiger partial charge in [0.15, 0.2) is 0 Å². The average Bonchev–Trinajstić information content (AvgIpc) is 2.63. The number of aromatic nitrogens is 1. The molecule has 26 heavy (non-hydrogen) atoms. The van der Waals surface area contributed by atoms with E-state index in [-0.39, 0.29) is 24.0 Å². The normalized spacial score (nSPS) is 23.7. The quantitative estimate of drug-likeness (QED) is 0.886. The number of piperidine rings is 1. The number of nitrogens with zero attached hydrogens (tertiary/aromatic N) is 3. The Bertz CT molecular complexity index is 905. The highest BCUT2D eigenvalue weighted by Gasteiger charge is 2.49. The predicted molar refractivity (Wildman–Crippen MR) is 95.8 cm³/mol. The molecule has 0 radical (unpaired) electrons. The Kier molecular flexibility index (Phi) is 4.08. The van der Waals surface area contributed by atoms with E-state index in [0.29, 0.717) is 11.3 Å². The molecule has 6 heteroatoms. The molecule has 1 aromatic carbocycles. The number of halogens is 1. The van der Waals surface area contributed by atoms with E-state index in [0.717, 1.165) is 30.4 Å². The SMILES string of the molecule is Cc1ccc(NC(=O)N2C3CCC(C#N)C2C3)cc1-c1cncc(F)c1. The predicted octanol–water partition coefficient (Wildman–Crippen LogP) is 4.10. The van der Waals surface area contributed by atoms with Gasteiger partial charge in [0.2, 0.25) is 0 Å². The highest BCUT2D eigenvalue weighted by atomic mass is 19.1. The van der Waals surface area contributed by atoms with Crippen LogP contribution in [0.2, 0.25) is 0 Å². The van der Waals surface area contributed by atoms with Crippen molar-refractivity contribution in [3.8, 4) is 17.2 Å². The largest absolute Gasteiger partial charge is 0.322 e. The minimum absolute atomic E-state index is 0.0242. The molecule has 2 fully saturated rings. The molecule has 0 saturated carbocycles. The lowest BCUT2D eigenvalue weighted by Gasteiger charge is -2.54. The van der Waals surface area contributed by atoms with Gasteiger partial charge < -0.3 is 10.2 Å². The molecule has 1 N–H and O–H groups in total. The summed E-state index contributed by atoms with van der Waals surface area (Å²) in [6.07, 6.45) is 5.44. The molecule has 2 aromatic rings. The van der Waals surface area contributed by atoms with E-state index in [2.05, 4.69) is 16.4 Å². The van der Waals surface area contributed by atoms with Gasteiger partial charge in [0.25, 0.3) is 0 Å². The van der Waals surface area contributed by atoms with E-state index in [1.54, 1.807) is 11.1 Å². The number of hydrogen-bond donors (Lipinski definition) is 1. The molecule has 3 atom stereocenters. The minimum Gasteiger partial charge on any atom is -0.317 e. The smallest absolute Gasteiger partial charge is 0.317 e. The Morgan fingerprint density at radius 1 is 1.35 bits per heavy atom. The molecule has 3 unspecified atom stereocenters. The molecule has 2 bridgehead atoms. The lowest BCUT2D eigenvalue weighted by molar-refractivity contribution is -0.00638. The number of carbonyl (C=O) groups excluding carboxylic acids is 1. The zero-order valence-corrected chi connectivity index (χ0v) is 14.4. The molecule has 1 aromatic heterocycles. The molecule has 2 saturated heterocycles. The summed E-state index contributed by atoms with van der Waals surface area (Å²) in [7, 11) is 0. The van der Waals surface area contributed by atoms with Crippen molar-refractivity contribution in [2.75, 3.05) is 5.32 Å². The van der Waals surface area contributed by atoms with Gasteiger partial charge >= 0.3 is 6.03 Å². The maximum atomic E-state index is 13.5. The molecule has 0 aliphatic carbocycles. The maximum Gasteiger partial charge on any atom is 0.322 e. The van der Waals surface area contributed by atoms with Crippen molar-refractivity contribution in [2.45, 2.75) is 38.3 Å². The van der Waals surface area contributed by atoms with Crippen molar-refractivity contribution < 1.29 is 9.18 Å².